The zero-order valence-electron chi connectivity index (χ0n) is 13.8. The fourth-order valence-corrected chi connectivity index (χ4v) is 3.10. The SMILES string of the molecule is COC(=O)C(=O)C1=C(c2ccccc2)NC(=S)N[C@@H]1c1ccc(Cl)cc1. The maximum absolute atomic E-state index is 12.8. The lowest BCUT2D eigenvalue weighted by molar-refractivity contribution is -0.150. The fourth-order valence-electron chi connectivity index (χ4n) is 2.75. The van der Waals surface area contributed by atoms with Gasteiger partial charge in [-0.1, -0.05) is 54.1 Å². The van der Waals surface area contributed by atoms with Gasteiger partial charge in [0.25, 0.3) is 5.78 Å². The molecule has 0 fully saturated rings. The summed E-state index contributed by atoms with van der Waals surface area (Å²) < 4.78 is 4.65. The first-order chi connectivity index (χ1) is 12.5. The highest BCUT2D eigenvalue weighted by Crippen LogP contribution is 2.32. The predicted molar refractivity (Wildman–Crippen MR) is 103 cm³/mol. The van der Waals surface area contributed by atoms with Crippen LogP contribution in [-0.2, 0) is 14.3 Å². The second-order valence-electron chi connectivity index (χ2n) is 5.56. The van der Waals surface area contributed by atoms with Gasteiger partial charge in [-0.2, -0.15) is 0 Å². The van der Waals surface area contributed by atoms with Gasteiger partial charge in [0.05, 0.1) is 24.4 Å². The highest BCUT2D eigenvalue weighted by Gasteiger charge is 2.35. The van der Waals surface area contributed by atoms with Crippen LogP contribution in [0.4, 0.5) is 0 Å². The largest absolute Gasteiger partial charge is 0.463 e. The lowest BCUT2D eigenvalue weighted by Gasteiger charge is -2.31. The Morgan fingerprint density at radius 3 is 2.35 bits per heavy atom. The molecule has 1 heterocycles. The Labute approximate surface area is 161 Å². The zero-order valence-corrected chi connectivity index (χ0v) is 15.4. The van der Waals surface area contributed by atoms with Gasteiger partial charge in [0.1, 0.15) is 0 Å². The molecule has 0 saturated carbocycles. The number of hydrogen-bond donors (Lipinski definition) is 2. The van der Waals surface area contributed by atoms with E-state index < -0.39 is 17.8 Å². The van der Waals surface area contributed by atoms with Gasteiger partial charge in [0.2, 0.25) is 0 Å². The summed E-state index contributed by atoms with van der Waals surface area (Å²) in [7, 11) is 1.18. The van der Waals surface area contributed by atoms with Crippen molar-refractivity contribution in [2.75, 3.05) is 7.11 Å². The van der Waals surface area contributed by atoms with Gasteiger partial charge >= 0.3 is 5.97 Å². The summed E-state index contributed by atoms with van der Waals surface area (Å²) in [5, 5.41) is 6.97. The van der Waals surface area contributed by atoms with Crippen LogP contribution in [0.3, 0.4) is 0 Å². The molecule has 0 amide bonds. The van der Waals surface area contributed by atoms with E-state index in [0.717, 1.165) is 11.1 Å². The highest BCUT2D eigenvalue weighted by molar-refractivity contribution is 7.80. The summed E-state index contributed by atoms with van der Waals surface area (Å²) in [4.78, 5) is 24.8. The minimum absolute atomic E-state index is 0.235. The molecule has 1 aliphatic heterocycles. The minimum Gasteiger partial charge on any atom is -0.463 e. The molecular formula is C19H15ClN2O3S. The molecule has 0 unspecified atom stereocenters. The summed E-state index contributed by atoms with van der Waals surface area (Å²) in [5.41, 5.74) is 2.20. The van der Waals surface area contributed by atoms with E-state index in [1.54, 1.807) is 24.3 Å². The molecule has 0 aliphatic carbocycles. The monoisotopic (exact) mass is 386 g/mol. The normalized spacial score (nSPS) is 16.5. The third-order valence-corrected chi connectivity index (χ3v) is 4.43. The molecule has 0 spiro atoms. The first kappa shape index (κ1) is 18.1. The van der Waals surface area contributed by atoms with Crippen molar-refractivity contribution in [1.29, 1.82) is 0 Å². The Morgan fingerprint density at radius 2 is 1.73 bits per heavy atom. The Kier molecular flexibility index (Phi) is 5.35. The number of carbonyl (C=O) groups excluding carboxylic acids is 2. The fraction of sp³-hybridized carbons (Fsp3) is 0.105. The number of nitrogens with one attached hydrogen (secondary N) is 2. The number of rotatable bonds is 4. The van der Waals surface area contributed by atoms with Crippen molar-refractivity contribution >= 4 is 46.4 Å². The molecular weight excluding hydrogens is 372 g/mol. The second-order valence-corrected chi connectivity index (χ2v) is 6.40. The molecule has 0 radical (unpaired) electrons. The minimum atomic E-state index is -0.941. The molecule has 0 aromatic heterocycles. The van der Waals surface area contributed by atoms with Crippen LogP contribution in [0.15, 0.2) is 60.2 Å². The molecule has 5 nitrogen and oxygen atoms in total. The first-order valence-electron chi connectivity index (χ1n) is 7.76. The number of esters is 1. The molecule has 1 atom stereocenters. The van der Waals surface area contributed by atoms with Gasteiger partial charge in [-0.05, 0) is 35.5 Å². The predicted octanol–water partition coefficient (Wildman–Crippen LogP) is 3.01. The van der Waals surface area contributed by atoms with Crippen molar-refractivity contribution in [2.45, 2.75) is 6.04 Å². The molecule has 3 rings (SSSR count). The number of ketones is 1. The van der Waals surface area contributed by atoms with Crippen molar-refractivity contribution < 1.29 is 14.3 Å². The topological polar surface area (TPSA) is 67.4 Å². The number of methoxy groups -OCH3 is 1. The van der Waals surface area contributed by atoms with Crippen molar-refractivity contribution in [1.82, 2.24) is 10.6 Å². The van der Waals surface area contributed by atoms with Crippen LogP contribution in [0, 0.1) is 0 Å². The van der Waals surface area contributed by atoms with Gasteiger partial charge in [0.15, 0.2) is 5.11 Å². The van der Waals surface area contributed by atoms with Gasteiger partial charge in [-0.25, -0.2) is 4.79 Å². The Bertz CT molecular complexity index is 895. The molecule has 132 valence electrons. The maximum Gasteiger partial charge on any atom is 0.379 e. The zero-order chi connectivity index (χ0) is 18.7. The third kappa shape index (κ3) is 3.61. The molecule has 2 aromatic rings. The van der Waals surface area contributed by atoms with Crippen LogP contribution in [0.1, 0.15) is 17.2 Å². The number of Topliss-reactive ketones (excluding diaryl/α,β-unsaturated/α-hetero) is 1. The van der Waals surface area contributed by atoms with Gasteiger partial charge in [-0.3, -0.25) is 4.79 Å². The number of hydrogen-bond acceptors (Lipinski definition) is 4. The van der Waals surface area contributed by atoms with Crippen molar-refractivity contribution in [3.63, 3.8) is 0 Å². The summed E-state index contributed by atoms with van der Waals surface area (Å²) in [5.74, 6) is -1.68. The van der Waals surface area contributed by atoms with Crippen LogP contribution in [0.25, 0.3) is 5.70 Å². The van der Waals surface area contributed by atoms with Crippen molar-refractivity contribution in [3.8, 4) is 0 Å². The smallest absolute Gasteiger partial charge is 0.379 e. The lowest BCUT2D eigenvalue weighted by Crippen LogP contribution is -2.46. The number of thiocarbonyl (C=S) groups is 1. The molecule has 0 saturated heterocycles. The van der Waals surface area contributed by atoms with E-state index in [0.29, 0.717) is 15.8 Å². The molecule has 26 heavy (non-hydrogen) atoms. The van der Waals surface area contributed by atoms with Crippen LogP contribution in [-0.4, -0.2) is 24.0 Å². The number of carbonyl (C=O) groups is 2. The average Bonchev–Trinajstić information content (AvgIpc) is 2.67. The Balaban J connectivity index is 2.21. The molecule has 2 aromatic carbocycles. The number of ether oxygens (including phenoxy) is 1. The van der Waals surface area contributed by atoms with Crippen molar-refractivity contribution in [2.24, 2.45) is 0 Å². The lowest BCUT2D eigenvalue weighted by atomic mass is 9.90. The van der Waals surface area contributed by atoms with Gasteiger partial charge < -0.3 is 15.4 Å². The summed E-state index contributed by atoms with van der Waals surface area (Å²) in [6.07, 6.45) is 0. The summed E-state index contributed by atoms with van der Waals surface area (Å²) in [6.45, 7) is 0. The maximum atomic E-state index is 12.8. The summed E-state index contributed by atoms with van der Waals surface area (Å²) in [6, 6.07) is 15.6. The van der Waals surface area contributed by atoms with E-state index in [1.807, 2.05) is 30.3 Å². The third-order valence-electron chi connectivity index (χ3n) is 3.95. The van der Waals surface area contributed by atoms with Gasteiger partial charge in [0, 0.05) is 5.02 Å². The molecule has 1 aliphatic rings. The van der Waals surface area contributed by atoms with E-state index in [-0.39, 0.29) is 5.57 Å². The Morgan fingerprint density at radius 1 is 1.08 bits per heavy atom. The quantitative estimate of drug-likeness (QED) is 0.478. The second kappa shape index (κ2) is 7.68. The van der Waals surface area contributed by atoms with Gasteiger partial charge in [-0.15, -0.1) is 0 Å². The molecule has 2 N–H and O–H groups in total. The molecule has 7 heteroatoms. The van der Waals surface area contributed by atoms with E-state index >= 15 is 0 Å². The Hall–Kier alpha value is -2.70. The number of halogens is 1. The van der Waals surface area contributed by atoms with E-state index in [2.05, 4.69) is 15.4 Å². The van der Waals surface area contributed by atoms with Crippen LogP contribution < -0.4 is 10.6 Å². The van der Waals surface area contributed by atoms with Crippen LogP contribution >= 0.6 is 23.8 Å². The van der Waals surface area contributed by atoms with Crippen LogP contribution in [0.5, 0.6) is 0 Å². The van der Waals surface area contributed by atoms with E-state index in [4.69, 9.17) is 23.8 Å². The summed E-state index contributed by atoms with van der Waals surface area (Å²) >= 11 is 11.3. The molecule has 0 bridgehead atoms. The highest BCUT2D eigenvalue weighted by atomic mass is 35.5. The van der Waals surface area contributed by atoms with E-state index in [1.165, 1.54) is 7.11 Å². The number of benzene rings is 2. The first-order valence-corrected chi connectivity index (χ1v) is 8.55. The van der Waals surface area contributed by atoms with Crippen molar-refractivity contribution in [3.05, 3.63) is 76.3 Å². The standard InChI is InChI=1S/C19H15ClN2O3S/c1-25-18(24)17(23)14-15(11-5-3-2-4-6-11)21-19(26)22-16(14)12-7-9-13(20)10-8-12/h2-10,16H,1H3,(H2,21,22,26)/t16-/m1/s1. The van der Waals surface area contributed by atoms with E-state index in [9.17, 15) is 9.59 Å². The van der Waals surface area contributed by atoms with Crippen LogP contribution in [0.2, 0.25) is 5.02 Å². The average molecular weight is 387 g/mol.